The number of urea groups is 1. The lowest BCUT2D eigenvalue weighted by atomic mass is 9.93. The standard InChI is InChI=1S/C16H23ClN4O2.ClH/c1-16(2,9-18)10-20(3)14(22)11-4-5-12(17)13(8-11)21-7-6-19-15(21)23;/h4-5,8H,6-7,9-10,18H2,1-3H3,(H,19,23);1H. The van der Waals surface area contributed by atoms with Gasteiger partial charge >= 0.3 is 6.03 Å². The highest BCUT2D eigenvalue weighted by atomic mass is 35.5. The minimum absolute atomic E-state index is 0. The van der Waals surface area contributed by atoms with Crippen molar-refractivity contribution in [3.05, 3.63) is 28.8 Å². The molecule has 0 unspecified atom stereocenters. The first-order chi connectivity index (χ1) is 10.7. The summed E-state index contributed by atoms with van der Waals surface area (Å²) >= 11 is 6.19. The number of benzene rings is 1. The van der Waals surface area contributed by atoms with Crippen LogP contribution in [0.5, 0.6) is 0 Å². The van der Waals surface area contributed by atoms with Crippen molar-refractivity contribution in [3.63, 3.8) is 0 Å². The van der Waals surface area contributed by atoms with E-state index in [-0.39, 0.29) is 29.8 Å². The smallest absolute Gasteiger partial charge is 0.322 e. The van der Waals surface area contributed by atoms with Gasteiger partial charge in [-0.25, -0.2) is 4.79 Å². The fourth-order valence-electron chi connectivity index (χ4n) is 2.55. The lowest BCUT2D eigenvalue weighted by Crippen LogP contribution is -2.39. The van der Waals surface area contributed by atoms with Crippen LogP contribution < -0.4 is 16.0 Å². The Balaban J connectivity index is 0.00000288. The quantitative estimate of drug-likeness (QED) is 0.829. The monoisotopic (exact) mass is 374 g/mol. The van der Waals surface area contributed by atoms with E-state index in [9.17, 15) is 9.59 Å². The first-order valence-electron chi connectivity index (χ1n) is 7.55. The molecule has 1 aromatic rings. The van der Waals surface area contributed by atoms with Crippen LogP contribution in [-0.2, 0) is 0 Å². The second kappa shape index (κ2) is 8.05. The molecule has 1 fully saturated rings. The van der Waals surface area contributed by atoms with Crippen molar-refractivity contribution in [2.24, 2.45) is 11.1 Å². The van der Waals surface area contributed by atoms with E-state index < -0.39 is 0 Å². The second-order valence-electron chi connectivity index (χ2n) is 6.58. The predicted octanol–water partition coefficient (Wildman–Crippen LogP) is 2.35. The topological polar surface area (TPSA) is 78.7 Å². The van der Waals surface area contributed by atoms with E-state index >= 15 is 0 Å². The van der Waals surface area contributed by atoms with Crippen LogP contribution in [0.15, 0.2) is 18.2 Å². The van der Waals surface area contributed by atoms with Gasteiger partial charge in [0.05, 0.1) is 10.7 Å². The van der Waals surface area contributed by atoms with Crippen molar-refractivity contribution < 1.29 is 9.59 Å². The van der Waals surface area contributed by atoms with Crippen molar-refractivity contribution in [2.45, 2.75) is 13.8 Å². The van der Waals surface area contributed by atoms with Crippen LogP contribution in [-0.4, -0.2) is 50.1 Å². The Bertz CT molecular complexity index is 622. The number of nitrogens with zero attached hydrogens (tertiary/aromatic N) is 2. The minimum Gasteiger partial charge on any atom is -0.341 e. The highest BCUT2D eigenvalue weighted by molar-refractivity contribution is 6.34. The molecule has 0 bridgehead atoms. The molecule has 1 aliphatic heterocycles. The summed E-state index contributed by atoms with van der Waals surface area (Å²) in [4.78, 5) is 27.6. The Kier molecular flexibility index (Phi) is 6.89. The molecule has 0 spiro atoms. The number of halogens is 2. The number of nitrogens with one attached hydrogen (secondary N) is 1. The molecule has 1 heterocycles. The molecule has 0 aliphatic carbocycles. The van der Waals surface area contributed by atoms with Gasteiger partial charge in [-0.15, -0.1) is 12.4 Å². The lowest BCUT2D eigenvalue weighted by molar-refractivity contribution is 0.0740. The molecule has 0 saturated carbocycles. The van der Waals surface area contributed by atoms with Crippen LogP contribution in [0.25, 0.3) is 0 Å². The molecule has 134 valence electrons. The van der Waals surface area contributed by atoms with Crippen molar-refractivity contribution in [3.8, 4) is 0 Å². The highest BCUT2D eigenvalue weighted by Crippen LogP contribution is 2.29. The van der Waals surface area contributed by atoms with Gasteiger partial charge in [0.1, 0.15) is 0 Å². The molecule has 3 N–H and O–H groups in total. The highest BCUT2D eigenvalue weighted by Gasteiger charge is 2.26. The largest absolute Gasteiger partial charge is 0.341 e. The summed E-state index contributed by atoms with van der Waals surface area (Å²) < 4.78 is 0. The Hall–Kier alpha value is -1.50. The van der Waals surface area contributed by atoms with E-state index in [0.717, 1.165) is 0 Å². The maximum Gasteiger partial charge on any atom is 0.322 e. The van der Waals surface area contributed by atoms with Crippen LogP contribution in [0.4, 0.5) is 10.5 Å². The van der Waals surface area contributed by atoms with E-state index in [1.165, 1.54) is 0 Å². The SMILES string of the molecule is CN(CC(C)(C)CN)C(=O)c1ccc(Cl)c(N2CCNC2=O)c1.Cl. The van der Waals surface area contributed by atoms with Gasteiger partial charge < -0.3 is 16.0 Å². The number of carbonyl (C=O) groups is 2. The van der Waals surface area contributed by atoms with Gasteiger partial charge in [0.15, 0.2) is 0 Å². The number of amides is 3. The average molecular weight is 375 g/mol. The van der Waals surface area contributed by atoms with Gasteiger partial charge in [0.25, 0.3) is 5.91 Å². The third kappa shape index (κ3) is 4.53. The van der Waals surface area contributed by atoms with Gasteiger partial charge in [-0.05, 0) is 30.2 Å². The molecule has 1 aromatic carbocycles. The fraction of sp³-hybridized carbons (Fsp3) is 0.500. The summed E-state index contributed by atoms with van der Waals surface area (Å²) in [6.07, 6.45) is 0. The number of hydrogen-bond acceptors (Lipinski definition) is 3. The Labute approximate surface area is 153 Å². The van der Waals surface area contributed by atoms with Gasteiger partial charge in [-0.2, -0.15) is 0 Å². The van der Waals surface area contributed by atoms with E-state index in [4.69, 9.17) is 17.3 Å². The Morgan fingerprint density at radius 1 is 1.46 bits per heavy atom. The lowest BCUT2D eigenvalue weighted by Gasteiger charge is -2.29. The molecule has 0 aromatic heterocycles. The van der Waals surface area contributed by atoms with E-state index in [1.54, 1.807) is 35.0 Å². The first kappa shape index (κ1) is 20.5. The van der Waals surface area contributed by atoms with Crippen molar-refractivity contribution in [2.75, 3.05) is 38.1 Å². The first-order valence-corrected chi connectivity index (χ1v) is 7.93. The number of carbonyl (C=O) groups excluding carboxylic acids is 2. The average Bonchev–Trinajstić information content (AvgIpc) is 2.92. The fourth-order valence-corrected chi connectivity index (χ4v) is 2.77. The summed E-state index contributed by atoms with van der Waals surface area (Å²) in [6.45, 7) is 6.16. The van der Waals surface area contributed by atoms with Gasteiger partial charge in [0.2, 0.25) is 0 Å². The molecule has 0 atom stereocenters. The van der Waals surface area contributed by atoms with Crippen molar-refractivity contribution in [1.82, 2.24) is 10.2 Å². The zero-order valence-corrected chi connectivity index (χ0v) is 15.7. The Morgan fingerprint density at radius 2 is 2.12 bits per heavy atom. The van der Waals surface area contributed by atoms with Crippen LogP contribution in [0.2, 0.25) is 5.02 Å². The maximum absolute atomic E-state index is 12.6. The summed E-state index contributed by atoms with van der Waals surface area (Å²) in [7, 11) is 1.75. The third-order valence-electron chi connectivity index (χ3n) is 3.91. The zero-order chi connectivity index (χ0) is 17.2. The number of nitrogens with two attached hydrogens (primary N) is 1. The molecule has 24 heavy (non-hydrogen) atoms. The van der Waals surface area contributed by atoms with Crippen molar-refractivity contribution in [1.29, 1.82) is 0 Å². The molecule has 0 radical (unpaired) electrons. The third-order valence-corrected chi connectivity index (χ3v) is 4.22. The number of hydrogen-bond donors (Lipinski definition) is 2. The number of rotatable bonds is 5. The molecule has 1 saturated heterocycles. The second-order valence-corrected chi connectivity index (χ2v) is 6.99. The predicted molar refractivity (Wildman–Crippen MR) is 99.2 cm³/mol. The van der Waals surface area contributed by atoms with Crippen LogP contribution in [0.3, 0.4) is 0 Å². The van der Waals surface area contributed by atoms with Gasteiger partial charge in [-0.1, -0.05) is 25.4 Å². The van der Waals surface area contributed by atoms with E-state index in [2.05, 4.69) is 5.32 Å². The van der Waals surface area contributed by atoms with E-state index in [0.29, 0.717) is 42.5 Å². The van der Waals surface area contributed by atoms with Crippen molar-refractivity contribution >= 4 is 41.6 Å². The molecule has 1 aliphatic rings. The molecule has 3 amide bonds. The van der Waals surface area contributed by atoms with Crippen LogP contribution >= 0.6 is 24.0 Å². The summed E-state index contributed by atoms with van der Waals surface area (Å²) in [5.41, 5.74) is 6.62. The minimum atomic E-state index is -0.200. The van der Waals surface area contributed by atoms with Crippen LogP contribution in [0.1, 0.15) is 24.2 Å². The van der Waals surface area contributed by atoms with Gasteiger partial charge in [0, 0.05) is 32.2 Å². The molecular weight excluding hydrogens is 351 g/mol. The molecule has 2 rings (SSSR count). The molecule has 8 heteroatoms. The molecular formula is C16H24Cl2N4O2. The summed E-state index contributed by atoms with van der Waals surface area (Å²) in [5, 5.41) is 3.17. The molecule has 6 nitrogen and oxygen atoms in total. The normalized spacial score (nSPS) is 14.2. The zero-order valence-electron chi connectivity index (χ0n) is 14.1. The maximum atomic E-state index is 12.6. The Morgan fingerprint density at radius 3 is 2.67 bits per heavy atom. The van der Waals surface area contributed by atoms with Crippen LogP contribution in [0, 0.1) is 5.41 Å². The van der Waals surface area contributed by atoms with Gasteiger partial charge in [-0.3, -0.25) is 9.69 Å². The van der Waals surface area contributed by atoms with E-state index in [1.807, 2.05) is 13.8 Å². The summed E-state index contributed by atoms with van der Waals surface area (Å²) in [5.74, 6) is -0.121. The summed E-state index contributed by atoms with van der Waals surface area (Å²) in [6, 6.07) is 4.79. The number of anilines is 1.